The minimum absolute atomic E-state index is 0.0425. The number of methoxy groups -OCH3 is 1. The number of anilines is 3. The lowest BCUT2D eigenvalue weighted by Crippen LogP contribution is -2.13. The number of aromatic amines is 1. The van der Waals surface area contributed by atoms with Gasteiger partial charge in [-0.25, -0.2) is 4.98 Å². The number of carbonyl (C=O) groups is 1. The second-order valence-corrected chi connectivity index (χ2v) is 7.03. The fourth-order valence-electron chi connectivity index (χ4n) is 2.80. The van der Waals surface area contributed by atoms with Gasteiger partial charge in [0.2, 0.25) is 11.8 Å². The number of para-hydroxylation sites is 1. The van der Waals surface area contributed by atoms with Gasteiger partial charge >= 0.3 is 0 Å². The number of hydrogen-bond acceptors (Lipinski definition) is 6. The van der Waals surface area contributed by atoms with Crippen LogP contribution in [-0.2, 0) is 0 Å². The number of halogens is 2. The molecule has 4 N–H and O–H groups in total. The maximum Gasteiger partial charge on any atom is 0.260 e. The number of imidazole rings is 1. The fourth-order valence-corrected chi connectivity index (χ4v) is 3.30. The zero-order chi connectivity index (χ0) is 21.3. The Hall–Kier alpha value is -3.49. The first-order valence-corrected chi connectivity index (χ1v) is 9.46. The Morgan fingerprint density at radius 2 is 1.83 bits per heavy atom. The van der Waals surface area contributed by atoms with E-state index in [9.17, 15) is 9.90 Å². The predicted octanol–water partition coefficient (Wildman–Crippen LogP) is 4.97. The van der Waals surface area contributed by atoms with Crippen LogP contribution in [0.4, 0.5) is 17.5 Å². The van der Waals surface area contributed by atoms with E-state index in [2.05, 4.69) is 25.6 Å². The first-order chi connectivity index (χ1) is 14.4. The van der Waals surface area contributed by atoms with Crippen LogP contribution in [-0.4, -0.2) is 33.1 Å². The summed E-state index contributed by atoms with van der Waals surface area (Å²) < 4.78 is 5.04. The molecule has 2 aromatic heterocycles. The minimum atomic E-state index is -0.540. The number of carbonyl (C=O) groups excluding carboxylic acids is 1. The van der Waals surface area contributed by atoms with Gasteiger partial charge in [0.1, 0.15) is 11.6 Å². The Kier molecular flexibility index (Phi) is 5.35. The molecule has 0 radical (unpaired) electrons. The van der Waals surface area contributed by atoms with Gasteiger partial charge in [-0.2, -0.15) is 4.98 Å². The van der Waals surface area contributed by atoms with E-state index in [1.54, 1.807) is 36.4 Å². The molecule has 0 aliphatic rings. The Balaban J connectivity index is 1.62. The molecule has 0 unspecified atom stereocenters. The highest BCUT2D eigenvalue weighted by Gasteiger charge is 2.16. The number of benzene rings is 2. The molecule has 152 valence electrons. The predicted molar refractivity (Wildman–Crippen MR) is 116 cm³/mol. The number of amides is 1. The van der Waals surface area contributed by atoms with Gasteiger partial charge in [0.25, 0.3) is 5.91 Å². The highest BCUT2D eigenvalue weighted by Crippen LogP contribution is 2.33. The number of aromatic nitrogens is 3. The summed E-state index contributed by atoms with van der Waals surface area (Å²) in [6.45, 7) is 0. The summed E-state index contributed by atoms with van der Waals surface area (Å²) in [5.41, 5.74) is 1.52. The van der Waals surface area contributed by atoms with Crippen LogP contribution < -0.4 is 15.4 Å². The number of rotatable bonds is 5. The van der Waals surface area contributed by atoms with Gasteiger partial charge in [0.05, 0.1) is 39.4 Å². The third kappa shape index (κ3) is 3.96. The molecule has 30 heavy (non-hydrogen) atoms. The van der Waals surface area contributed by atoms with Gasteiger partial charge in [-0.3, -0.25) is 4.79 Å². The average Bonchev–Trinajstić information content (AvgIpc) is 3.11. The van der Waals surface area contributed by atoms with E-state index < -0.39 is 5.91 Å². The number of nitrogens with zero attached hydrogens (tertiary/aromatic N) is 2. The SMILES string of the molecule is COc1cccc(NC(=O)c2cc3nc(Nc4c(Cl)cccc4Cl)[nH]c3cc2O)n1. The van der Waals surface area contributed by atoms with Crippen molar-refractivity contribution in [3.8, 4) is 11.6 Å². The van der Waals surface area contributed by atoms with Gasteiger partial charge in [-0.05, 0) is 24.3 Å². The van der Waals surface area contributed by atoms with E-state index in [-0.39, 0.29) is 17.1 Å². The lowest BCUT2D eigenvalue weighted by atomic mass is 10.1. The largest absolute Gasteiger partial charge is 0.507 e. The second-order valence-electron chi connectivity index (χ2n) is 6.21. The molecule has 4 aromatic rings. The molecule has 8 nitrogen and oxygen atoms in total. The summed E-state index contributed by atoms with van der Waals surface area (Å²) in [6, 6.07) is 13.0. The summed E-state index contributed by atoms with van der Waals surface area (Å²) >= 11 is 12.3. The summed E-state index contributed by atoms with van der Waals surface area (Å²) in [7, 11) is 1.48. The van der Waals surface area contributed by atoms with Gasteiger partial charge in [0.15, 0.2) is 0 Å². The number of H-pyrrole nitrogens is 1. The molecular formula is C20H15Cl2N5O3. The lowest BCUT2D eigenvalue weighted by molar-refractivity contribution is 0.102. The van der Waals surface area contributed by atoms with Crippen LogP contribution in [0.1, 0.15) is 10.4 Å². The Morgan fingerprint density at radius 3 is 2.57 bits per heavy atom. The van der Waals surface area contributed by atoms with Gasteiger partial charge < -0.3 is 25.5 Å². The molecule has 0 saturated heterocycles. The molecule has 0 aliphatic heterocycles. The van der Waals surface area contributed by atoms with Crippen molar-refractivity contribution in [2.45, 2.75) is 0 Å². The maximum absolute atomic E-state index is 12.6. The van der Waals surface area contributed by atoms with Crippen LogP contribution in [0.5, 0.6) is 11.6 Å². The molecule has 4 rings (SSSR count). The van der Waals surface area contributed by atoms with Crippen molar-refractivity contribution in [1.29, 1.82) is 0 Å². The molecule has 0 saturated carbocycles. The second kappa shape index (κ2) is 8.10. The zero-order valence-electron chi connectivity index (χ0n) is 15.5. The summed E-state index contributed by atoms with van der Waals surface area (Å²) in [5.74, 6) is 0.243. The Labute approximate surface area is 180 Å². The van der Waals surface area contributed by atoms with Crippen molar-refractivity contribution in [2.24, 2.45) is 0 Å². The van der Waals surface area contributed by atoms with Crippen LogP contribution in [0.15, 0.2) is 48.5 Å². The van der Waals surface area contributed by atoms with Crippen molar-refractivity contribution in [3.05, 3.63) is 64.1 Å². The highest BCUT2D eigenvalue weighted by atomic mass is 35.5. The highest BCUT2D eigenvalue weighted by molar-refractivity contribution is 6.39. The smallest absolute Gasteiger partial charge is 0.260 e. The normalized spacial score (nSPS) is 10.8. The molecule has 0 atom stereocenters. The molecule has 1 amide bonds. The number of fused-ring (bicyclic) bond motifs is 1. The van der Waals surface area contributed by atoms with E-state index in [0.717, 1.165) is 0 Å². The van der Waals surface area contributed by atoms with E-state index in [1.165, 1.54) is 19.2 Å². The number of pyridine rings is 1. The molecule has 0 bridgehead atoms. The van der Waals surface area contributed by atoms with Crippen LogP contribution in [0.2, 0.25) is 10.0 Å². The van der Waals surface area contributed by atoms with Crippen LogP contribution in [0.3, 0.4) is 0 Å². The Bertz CT molecular complexity index is 1240. The molecule has 2 aromatic carbocycles. The fraction of sp³-hybridized carbons (Fsp3) is 0.0500. The molecule has 2 heterocycles. The van der Waals surface area contributed by atoms with Crippen molar-refractivity contribution < 1.29 is 14.6 Å². The summed E-state index contributed by atoms with van der Waals surface area (Å²) in [6.07, 6.45) is 0. The first kappa shape index (κ1) is 19.8. The van der Waals surface area contributed by atoms with Gasteiger partial charge in [0, 0.05) is 12.1 Å². The number of phenols is 1. The van der Waals surface area contributed by atoms with Crippen LogP contribution >= 0.6 is 23.2 Å². The van der Waals surface area contributed by atoms with Gasteiger partial charge in [-0.1, -0.05) is 35.3 Å². The quantitative estimate of drug-likeness (QED) is 0.346. The van der Waals surface area contributed by atoms with Crippen LogP contribution in [0.25, 0.3) is 11.0 Å². The van der Waals surface area contributed by atoms with Crippen LogP contribution in [0, 0.1) is 0 Å². The monoisotopic (exact) mass is 443 g/mol. The third-order valence-electron chi connectivity index (χ3n) is 4.22. The molecule has 0 aliphatic carbocycles. The van der Waals surface area contributed by atoms with E-state index in [0.29, 0.717) is 38.6 Å². The van der Waals surface area contributed by atoms with Crippen molar-refractivity contribution in [3.63, 3.8) is 0 Å². The molecule has 0 spiro atoms. The maximum atomic E-state index is 12.6. The van der Waals surface area contributed by atoms with E-state index in [1.807, 2.05) is 0 Å². The molecule has 10 heteroatoms. The third-order valence-corrected chi connectivity index (χ3v) is 4.85. The zero-order valence-corrected chi connectivity index (χ0v) is 17.0. The minimum Gasteiger partial charge on any atom is -0.507 e. The number of phenolic OH excluding ortho intramolecular Hbond substituents is 1. The average molecular weight is 444 g/mol. The van der Waals surface area contributed by atoms with E-state index in [4.69, 9.17) is 27.9 Å². The number of ether oxygens (including phenoxy) is 1. The molecule has 0 fully saturated rings. The number of aromatic hydroxyl groups is 1. The summed E-state index contributed by atoms with van der Waals surface area (Å²) in [4.78, 5) is 24.2. The number of hydrogen-bond donors (Lipinski definition) is 4. The Morgan fingerprint density at radius 1 is 1.10 bits per heavy atom. The van der Waals surface area contributed by atoms with Gasteiger partial charge in [-0.15, -0.1) is 0 Å². The molecular weight excluding hydrogens is 429 g/mol. The standard InChI is InChI=1S/C20H15Cl2N5O3/c1-30-17-7-3-6-16(25-17)26-19(29)10-8-13-14(9-15(10)28)24-20(23-13)27-18-11(21)4-2-5-12(18)22/h2-9,28H,1H3,(H2,23,24,27)(H,25,26,29). The van der Waals surface area contributed by atoms with Crippen molar-refractivity contribution >= 4 is 57.6 Å². The van der Waals surface area contributed by atoms with E-state index >= 15 is 0 Å². The lowest BCUT2D eigenvalue weighted by Gasteiger charge is -2.07. The summed E-state index contributed by atoms with van der Waals surface area (Å²) in [5, 5.41) is 16.8. The topological polar surface area (TPSA) is 112 Å². The number of nitrogens with one attached hydrogen (secondary N) is 3. The first-order valence-electron chi connectivity index (χ1n) is 8.71. The van der Waals surface area contributed by atoms with Crippen molar-refractivity contribution in [1.82, 2.24) is 15.0 Å². The van der Waals surface area contributed by atoms with Crippen molar-refractivity contribution in [2.75, 3.05) is 17.7 Å².